The van der Waals surface area contributed by atoms with E-state index in [9.17, 15) is 14.4 Å². The van der Waals surface area contributed by atoms with Gasteiger partial charge in [0.25, 0.3) is 5.91 Å². The highest BCUT2D eigenvalue weighted by Gasteiger charge is 2.11. The number of halogens is 2. The van der Waals surface area contributed by atoms with Crippen molar-refractivity contribution in [1.29, 1.82) is 0 Å². The Bertz CT molecular complexity index is 647. The number of nitrogens with one attached hydrogen (secondary N) is 2. The van der Waals surface area contributed by atoms with E-state index in [0.717, 1.165) is 12.5 Å². The molecule has 0 fully saturated rings. The maximum absolute atomic E-state index is 11.6. The molecule has 2 N–H and O–H groups in total. The molecule has 0 aliphatic carbocycles. The fraction of sp³-hybridized carbons (Fsp3) is 0.312. The summed E-state index contributed by atoms with van der Waals surface area (Å²) in [6, 6.07) is 4.11. The van der Waals surface area contributed by atoms with Crippen molar-refractivity contribution in [2.45, 2.75) is 26.3 Å². The zero-order chi connectivity index (χ0) is 18.1. The van der Waals surface area contributed by atoms with Gasteiger partial charge in [-0.15, -0.1) is 0 Å². The van der Waals surface area contributed by atoms with Gasteiger partial charge in [0.2, 0.25) is 0 Å². The summed E-state index contributed by atoms with van der Waals surface area (Å²) in [6.07, 6.45) is 3.30. The molecule has 0 aromatic heterocycles. The molecule has 0 aliphatic heterocycles. The standard InChI is InChI=1S/C16H18Cl2N2O4/c1-3-10(2)19-16(23)20-14(21)9-24-15(22)7-5-11-4-6-12(17)8-13(11)18/h4-8,10H,3,9H2,1-2H3,(H2,19,20,21,23)/b7-5+/t10-/m1/s1. The van der Waals surface area contributed by atoms with Gasteiger partial charge >= 0.3 is 12.0 Å². The number of esters is 1. The fourth-order valence-electron chi connectivity index (χ4n) is 1.50. The van der Waals surface area contributed by atoms with E-state index in [-0.39, 0.29) is 6.04 Å². The highest BCUT2D eigenvalue weighted by Crippen LogP contribution is 2.21. The quantitative estimate of drug-likeness (QED) is 0.593. The average Bonchev–Trinajstić information content (AvgIpc) is 2.51. The van der Waals surface area contributed by atoms with E-state index < -0.39 is 24.5 Å². The van der Waals surface area contributed by atoms with Gasteiger partial charge in [0, 0.05) is 22.2 Å². The Morgan fingerprint density at radius 1 is 1.29 bits per heavy atom. The normalized spacial score (nSPS) is 11.8. The van der Waals surface area contributed by atoms with Crippen molar-refractivity contribution in [1.82, 2.24) is 10.6 Å². The molecule has 0 saturated heterocycles. The molecular formula is C16H18Cl2N2O4. The van der Waals surface area contributed by atoms with E-state index in [1.54, 1.807) is 19.1 Å². The van der Waals surface area contributed by atoms with Crippen LogP contribution in [0.5, 0.6) is 0 Å². The molecule has 6 nitrogen and oxygen atoms in total. The van der Waals surface area contributed by atoms with Crippen LogP contribution in [0, 0.1) is 0 Å². The summed E-state index contributed by atoms with van der Waals surface area (Å²) in [4.78, 5) is 34.5. The second-order valence-corrected chi connectivity index (χ2v) is 5.78. The Kier molecular flexibility index (Phi) is 8.29. The van der Waals surface area contributed by atoms with Gasteiger partial charge in [0.1, 0.15) is 0 Å². The first-order valence-electron chi connectivity index (χ1n) is 7.22. The molecule has 8 heteroatoms. The first-order valence-corrected chi connectivity index (χ1v) is 7.97. The molecule has 0 aliphatic rings. The minimum absolute atomic E-state index is 0.0626. The van der Waals surface area contributed by atoms with Gasteiger partial charge in [0.05, 0.1) is 0 Å². The van der Waals surface area contributed by atoms with Crippen LogP contribution in [0.4, 0.5) is 4.79 Å². The molecule has 1 aromatic rings. The number of benzene rings is 1. The van der Waals surface area contributed by atoms with Gasteiger partial charge in [-0.3, -0.25) is 10.1 Å². The minimum atomic E-state index is -0.737. The lowest BCUT2D eigenvalue weighted by Crippen LogP contribution is -2.44. The van der Waals surface area contributed by atoms with Gasteiger partial charge in [-0.25, -0.2) is 9.59 Å². The lowest BCUT2D eigenvalue weighted by atomic mass is 10.2. The number of hydrogen-bond acceptors (Lipinski definition) is 4. The highest BCUT2D eigenvalue weighted by molar-refractivity contribution is 6.35. The minimum Gasteiger partial charge on any atom is -0.452 e. The summed E-state index contributed by atoms with van der Waals surface area (Å²) >= 11 is 11.7. The van der Waals surface area contributed by atoms with Crippen LogP contribution < -0.4 is 10.6 Å². The van der Waals surface area contributed by atoms with Crippen molar-refractivity contribution in [3.63, 3.8) is 0 Å². The van der Waals surface area contributed by atoms with E-state index in [1.807, 2.05) is 6.92 Å². The van der Waals surface area contributed by atoms with Gasteiger partial charge in [-0.1, -0.05) is 36.2 Å². The summed E-state index contributed by atoms with van der Waals surface area (Å²) in [5, 5.41) is 5.48. The number of imide groups is 1. The van der Waals surface area contributed by atoms with Crippen molar-refractivity contribution in [2.24, 2.45) is 0 Å². The zero-order valence-corrected chi connectivity index (χ0v) is 14.8. The fourth-order valence-corrected chi connectivity index (χ4v) is 1.98. The van der Waals surface area contributed by atoms with Gasteiger partial charge in [-0.2, -0.15) is 0 Å². The Balaban J connectivity index is 2.41. The van der Waals surface area contributed by atoms with Crippen molar-refractivity contribution < 1.29 is 19.1 Å². The molecule has 0 bridgehead atoms. The van der Waals surface area contributed by atoms with E-state index in [1.165, 1.54) is 12.1 Å². The molecule has 1 aromatic carbocycles. The van der Waals surface area contributed by atoms with Gasteiger partial charge < -0.3 is 10.1 Å². The molecule has 0 heterocycles. The molecular weight excluding hydrogens is 355 g/mol. The molecule has 3 amide bonds. The number of carbonyl (C=O) groups excluding carboxylic acids is 3. The monoisotopic (exact) mass is 372 g/mol. The third-order valence-electron chi connectivity index (χ3n) is 2.95. The van der Waals surface area contributed by atoms with E-state index in [2.05, 4.69) is 10.6 Å². The Hall–Kier alpha value is -2.05. The molecule has 24 heavy (non-hydrogen) atoms. The maximum atomic E-state index is 11.6. The number of ether oxygens (including phenoxy) is 1. The molecule has 0 radical (unpaired) electrons. The number of carbonyl (C=O) groups is 3. The summed E-state index contributed by atoms with van der Waals surface area (Å²) in [5.41, 5.74) is 0.579. The Morgan fingerprint density at radius 3 is 2.62 bits per heavy atom. The van der Waals surface area contributed by atoms with Crippen molar-refractivity contribution in [3.8, 4) is 0 Å². The van der Waals surface area contributed by atoms with Crippen molar-refractivity contribution in [2.75, 3.05) is 6.61 Å². The molecule has 0 spiro atoms. The highest BCUT2D eigenvalue weighted by atomic mass is 35.5. The maximum Gasteiger partial charge on any atom is 0.331 e. The largest absolute Gasteiger partial charge is 0.452 e. The summed E-state index contributed by atoms with van der Waals surface area (Å²) in [7, 11) is 0. The first kappa shape index (κ1) is 20.0. The molecule has 1 atom stereocenters. The van der Waals surface area contributed by atoms with Crippen LogP contribution in [0.1, 0.15) is 25.8 Å². The van der Waals surface area contributed by atoms with Crippen LogP contribution in [0.15, 0.2) is 24.3 Å². The molecule has 0 unspecified atom stereocenters. The third kappa shape index (κ3) is 7.48. The summed E-state index contributed by atoms with van der Waals surface area (Å²) < 4.78 is 4.73. The second-order valence-electron chi connectivity index (χ2n) is 4.94. The van der Waals surface area contributed by atoms with E-state index in [0.29, 0.717) is 15.6 Å². The van der Waals surface area contributed by atoms with Crippen LogP contribution in [-0.2, 0) is 14.3 Å². The van der Waals surface area contributed by atoms with Crippen LogP contribution in [0.25, 0.3) is 6.08 Å². The van der Waals surface area contributed by atoms with Crippen LogP contribution in [-0.4, -0.2) is 30.6 Å². The van der Waals surface area contributed by atoms with Gasteiger partial charge in [-0.05, 0) is 37.1 Å². The number of urea groups is 1. The number of amides is 3. The first-order chi connectivity index (χ1) is 11.3. The zero-order valence-electron chi connectivity index (χ0n) is 13.3. The lowest BCUT2D eigenvalue weighted by Gasteiger charge is -2.11. The SMILES string of the molecule is CC[C@@H](C)NC(=O)NC(=O)COC(=O)/C=C/c1ccc(Cl)cc1Cl. The summed E-state index contributed by atoms with van der Waals surface area (Å²) in [5.74, 6) is -1.46. The van der Waals surface area contributed by atoms with Crippen LogP contribution in [0.3, 0.4) is 0 Å². The Labute approximate surface area is 150 Å². The predicted octanol–water partition coefficient (Wildman–Crippen LogP) is 3.17. The van der Waals surface area contributed by atoms with E-state index >= 15 is 0 Å². The Morgan fingerprint density at radius 2 is 2.00 bits per heavy atom. The number of hydrogen-bond donors (Lipinski definition) is 2. The van der Waals surface area contributed by atoms with Crippen molar-refractivity contribution in [3.05, 3.63) is 39.9 Å². The van der Waals surface area contributed by atoms with Crippen LogP contribution >= 0.6 is 23.2 Å². The van der Waals surface area contributed by atoms with Crippen LogP contribution in [0.2, 0.25) is 10.0 Å². The van der Waals surface area contributed by atoms with Crippen molar-refractivity contribution >= 4 is 47.2 Å². The van der Waals surface area contributed by atoms with Gasteiger partial charge in [0.15, 0.2) is 6.61 Å². The smallest absolute Gasteiger partial charge is 0.331 e. The average molecular weight is 373 g/mol. The predicted molar refractivity (Wildman–Crippen MR) is 92.9 cm³/mol. The molecule has 1 rings (SSSR count). The topological polar surface area (TPSA) is 84.5 Å². The molecule has 130 valence electrons. The lowest BCUT2D eigenvalue weighted by molar-refractivity contribution is -0.143. The molecule has 0 saturated carbocycles. The third-order valence-corrected chi connectivity index (χ3v) is 3.51. The van der Waals surface area contributed by atoms with E-state index in [4.69, 9.17) is 27.9 Å². The number of rotatable bonds is 6. The second kappa shape index (κ2) is 9.95. The summed E-state index contributed by atoms with van der Waals surface area (Å²) in [6.45, 7) is 3.13.